The van der Waals surface area contributed by atoms with E-state index in [4.69, 9.17) is 21.7 Å². The molecule has 4 aromatic rings. The first-order valence-corrected chi connectivity index (χ1v) is 25.5. The summed E-state index contributed by atoms with van der Waals surface area (Å²) in [7, 11) is 0. The number of anilines is 2. The molecule has 0 aromatic heterocycles. The normalized spacial score (nSPS) is 15.4. The van der Waals surface area contributed by atoms with Crippen LogP contribution in [0.15, 0.2) is 108 Å². The molecule has 0 saturated heterocycles. The topological polar surface area (TPSA) is 42.5 Å². The van der Waals surface area contributed by atoms with E-state index in [1.807, 2.05) is 62.4 Å². The number of rotatable bonds is 8. The van der Waals surface area contributed by atoms with Crippen molar-refractivity contribution < 1.29 is 29.8 Å². The zero-order chi connectivity index (χ0) is 32.6. The van der Waals surface area contributed by atoms with Crippen molar-refractivity contribution >= 4 is 58.7 Å². The van der Waals surface area contributed by atoms with Crippen LogP contribution in [0, 0.1) is 0 Å². The van der Waals surface area contributed by atoms with Gasteiger partial charge in [-0.25, -0.2) is 0 Å². The molecule has 0 amide bonds. The van der Waals surface area contributed by atoms with E-state index >= 15 is 0 Å². The Morgan fingerprint density at radius 1 is 0.660 bits per heavy atom. The standard InChI is InChI=1S/C17H20N2O2S.2C10H9.C2H6Si.ClH.Zr/c1-3-20-15-9-5-13(6-10-15)18-17(22)19-14-7-11-16(12-8-14)21-4-2;2*1-8-6-9-4-2-3-5-10(9)7-8;1-3-2;;/h5-12H,3-4H2,1-2H3,(H2,18,19,22);2*2-7H,1H3;1-2H3;1H;. The molecule has 244 valence electrons. The van der Waals surface area contributed by atoms with Gasteiger partial charge in [-0.2, -0.15) is 0 Å². The van der Waals surface area contributed by atoms with Gasteiger partial charge in [0.15, 0.2) is 5.11 Å². The van der Waals surface area contributed by atoms with E-state index in [0.717, 1.165) is 30.1 Å². The number of thiocarbonyl (C=S) groups is 1. The molecule has 2 atom stereocenters. The average molecular weight is 761 g/mol. The Morgan fingerprint density at radius 2 is 1.04 bits per heavy atom. The van der Waals surface area contributed by atoms with Crippen molar-refractivity contribution in [1.82, 2.24) is 0 Å². The molecule has 0 saturated carbocycles. The van der Waals surface area contributed by atoms with Crippen molar-refractivity contribution in [3.63, 3.8) is 0 Å². The Balaban J connectivity index is 0.000000209. The van der Waals surface area contributed by atoms with Crippen molar-refractivity contribution in [3.05, 3.63) is 130 Å². The summed E-state index contributed by atoms with van der Waals surface area (Å²) < 4.78 is 12.3. The Hall–Kier alpha value is -2.96. The van der Waals surface area contributed by atoms with E-state index in [2.05, 4.69) is 98.3 Å². The van der Waals surface area contributed by atoms with Gasteiger partial charge >= 0.3 is 154 Å². The Morgan fingerprint density at radius 3 is 1.40 bits per heavy atom. The Kier molecular flexibility index (Phi) is 13.7. The van der Waals surface area contributed by atoms with Gasteiger partial charge < -0.3 is 20.1 Å². The second kappa shape index (κ2) is 17.4. The molecule has 6 rings (SSSR count). The zero-order valence-electron chi connectivity index (χ0n) is 28.1. The number of nitrogens with one attached hydrogen (secondary N) is 2. The van der Waals surface area contributed by atoms with E-state index in [1.165, 1.54) is 11.1 Å². The molecule has 2 N–H and O–H groups in total. The van der Waals surface area contributed by atoms with Crippen LogP contribution in [0.5, 0.6) is 11.5 Å². The Bertz CT molecular complexity index is 1660. The molecule has 2 aliphatic carbocycles. The Labute approximate surface area is 300 Å². The van der Waals surface area contributed by atoms with Gasteiger partial charge in [-0.05, 0) is 74.6 Å². The van der Waals surface area contributed by atoms with E-state index in [1.54, 1.807) is 22.3 Å². The maximum atomic E-state index is 5.40. The SMILES string of the molecule is CC1=Cc2ccccc2[CH]1[Zr]([CH]1C(C)=Cc2ccccc21)=[Si](C)C.CCOc1ccc(NC(=S)Nc2ccc(OCC)cc2)cc1.Cl. The molecule has 2 unspecified atom stereocenters. The minimum absolute atomic E-state index is 0. The zero-order valence-corrected chi connectivity index (χ0v) is 33.2. The smallest absolute Gasteiger partial charge is 0.175 e. The summed E-state index contributed by atoms with van der Waals surface area (Å²) in [6, 6.07) is 33.6. The molecule has 0 heterocycles. The van der Waals surface area contributed by atoms with Gasteiger partial charge in [0, 0.05) is 11.4 Å². The van der Waals surface area contributed by atoms with Gasteiger partial charge in [-0.1, -0.05) is 0 Å². The number of hydrogen-bond donors (Lipinski definition) is 2. The predicted octanol–water partition coefficient (Wildman–Crippen LogP) is 10.9. The van der Waals surface area contributed by atoms with Gasteiger partial charge in [0.25, 0.3) is 0 Å². The van der Waals surface area contributed by atoms with E-state index < -0.39 is 20.4 Å². The third-order valence-electron chi connectivity index (χ3n) is 8.34. The molecule has 0 fully saturated rings. The number of benzene rings is 4. The molecule has 2 aliphatic rings. The van der Waals surface area contributed by atoms with Crippen molar-refractivity contribution in [3.8, 4) is 11.5 Å². The fourth-order valence-corrected chi connectivity index (χ4v) is 27.4. The molecule has 0 spiro atoms. The monoisotopic (exact) mass is 758 g/mol. The molecule has 0 bridgehead atoms. The van der Waals surface area contributed by atoms with Gasteiger partial charge in [0.2, 0.25) is 0 Å². The third kappa shape index (κ3) is 9.14. The fourth-order valence-electron chi connectivity index (χ4n) is 6.42. The third-order valence-corrected chi connectivity index (χ3v) is 28.5. The van der Waals surface area contributed by atoms with Crippen LogP contribution < -0.4 is 20.1 Å². The molecular formula is C39H45ClN2O2SSiZr. The van der Waals surface area contributed by atoms with E-state index in [-0.39, 0.29) is 17.8 Å². The van der Waals surface area contributed by atoms with Crippen LogP contribution in [0.4, 0.5) is 11.4 Å². The molecule has 0 radical (unpaired) electrons. The maximum absolute atomic E-state index is 5.40. The number of fused-ring (bicyclic) bond motifs is 2. The predicted molar refractivity (Wildman–Crippen MR) is 205 cm³/mol. The van der Waals surface area contributed by atoms with Gasteiger partial charge in [0.05, 0.1) is 13.2 Å². The van der Waals surface area contributed by atoms with Crippen LogP contribution in [0.3, 0.4) is 0 Å². The number of hydrogen-bond acceptors (Lipinski definition) is 3. The largest absolute Gasteiger partial charge is 0.494 e. The van der Waals surface area contributed by atoms with Crippen LogP contribution in [0.25, 0.3) is 12.2 Å². The van der Waals surface area contributed by atoms with Crippen LogP contribution in [0.2, 0.25) is 13.1 Å². The second-order valence-electron chi connectivity index (χ2n) is 11.8. The van der Waals surface area contributed by atoms with Crippen molar-refractivity contribution in [2.24, 2.45) is 0 Å². The van der Waals surface area contributed by atoms with Gasteiger partial charge in [-0.3, -0.25) is 0 Å². The molecule has 4 nitrogen and oxygen atoms in total. The summed E-state index contributed by atoms with van der Waals surface area (Å²) in [5.74, 6) is 1.69. The summed E-state index contributed by atoms with van der Waals surface area (Å²) in [6.07, 6.45) is 4.93. The molecule has 47 heavy (non-hydrogen) atoms. The number of halogens is 1. The fraction of sp³-hybridized carbons (Fsp3) is 0.256. The van der Waals surface area contributed by atoms with Crippen molar-refractivity contribution in [2.45, 2.75) is 48.0 Å². The first kappa shape index (κ1) is 36.9. The summed E-state index contributed by atoms with van der Waals surface area (Å²) >= 11 is 3.54. The second-order valence-corrected chi connectivity index (χ2v) is 30.1. The maximum Gasteiger partial charge on any atom is 0.175 e. The summed E-state index contributed by atoms with van der Waals surface area (Å²) in [5, 5.41) is 6.80. The van der Waals surface area contributed by atoms with Crippen LogP contribution >= 0.6 is 24.6 Å². The molecule has 0 aliphatic heterocycles. The molecular weight excluding hydrogens is 715 g/mol. The van der Waals surface area contributed by atoms with Gasteiger partial charge in [-0.15, -0.1) is 12.4 Å². The van der Waals surface area contributed by atoms with E-state index in [0.29, 0.717) is 18.3 Å². The van der Waals surface area contributed by atoms with Crippen molar-refractivity contribution in [2.75, 3.05) is 23.8 Å². The minimum atomic E-state index is -1.76. The molecule has 8 heteroatoms. The first-order valence-electron chi connectivity index (χ1n) is 16.0. The van der Waals surface area contributed by atoms with Gasteiger partial charge in [0.1, 0.15) is 11.5 Å². The van der Waals surface area contributed by atoms with Crippen LogP contribution in [-0.2, 0) is 20.4 Å². The minimum Gasteiger partial charge on any atom is -0.494 e. The number of ether oxygens (including phenoxy) is 2. The molecule has 4 aromatic carbocycles. The quantitative estimate of drug-likeness (QED) is 0.138. The van der Waals surface area contributed by atoms with Crippen LogP contribution in [-0.4, -0.2) is 23.8 Å². The summed E-state index contributed by atoms with van der Waals surface area (Å²) in [6.45, 7) is 15.2. The average Bonchev–Trinajstić information content (AvgIpc) is 3.55. The first-order chi connectivity index (χ1) is 22.3. The van der Waals surface area contributed by atoms with Crippen molar-refractivity contribution in [1.29, 1.82) is 0 Å². The summed E-state index contributed by atoms with van der Waals surface area (Å²) in [4.78, 5) is 0. The summed E-state index contributed by atoms with van der Waals surface area (Å²) in [5.41, 5.74) is 11.0. The number of allylic oxidation sites excluding steroid dienone is 2. The van der Waals surface area contributed by atoms with E-state index in [9.17, 15) is 0 Å². The van der Waals surface area contributed by atoms with Crippen LogP contribution in [0.1, 0.15) is 57.2 Å².